The lowest BCUT2D eigenvalue weighted by atomic mass is 9.92. The number of hydrogen-bond donors (Lipinski definition) is 2. The van der Waals surface area contributed by atoms with Crippen molar-refractivity contribution in [3.8, 4) is 0 Å². The Bertz CT molecular complexity index is 458. The van der Waals surface area contributed by atoms with Gasteiger partial charge in [0.2, 0.25) is 0 Å². The Morgan fingerprint density at radius 3 is 2.44 bits per heavy atom. The summed E-state index contributed by atoms with van der Waals surface area (Å²) in [5.41, 5.74) is -0.892. The molecule has 1 rings (SSSR count). The Labute approximate surface area is 114 Å². The summed E-state index contributed by atoms with van der Waals surface area (Å²) in [5.74, 6) is -1.46. The van der Waals surface area contributed by atoms with E-state index in [1.165, 1.54) is 6.20 Å². The van der Waals surface area contributed by atoms with Crippen molar-refractivity contribution in [2.75, 3.05) is 0 Å². The first kappa shape index (κ1) is 14.6. The van der Waals surface area contributed by atoms with E-state index in [-0.39, 0.29) is 0 Å². The minimum Gasteiger partial charge on any atom is -0.480 e. The van der Waals surface area contributed by atoms with E-state index in [4.69, 9.17) is 0 Å². The average molecular weight is 315 g/mol. The fourth-order valence-corrected chi connectivity index (χ4v) is 1.97. The number of amides is 1. The van der Waals surface area contributed by atoms with Crippen LogP contribution in [0.25, 0.3) is 0 Å². The second-order valence-corrected chi connectivity index (χ2v) is 4.86. The number of hydrogen-bond acceptors (Lipinski definition) is 3. The number of rotatable bonds is 5. The van der Waals surface area contributed by atoms with Crippen LogP contribution in [0.2, 0.25) is 0 Å². The second-order valence-electron chi connectivity index (χ2n) is 3.94. The van der Waals surface area contributed by atoms with Gasteiger partial charge in [0, 0.05) is 16.9 Å². The molecule has 0 aromatic carbocycles. The molecule has 98 valence electrons. The maximum absolute atomic E-state index is 12.0. The third kappa shape index (κ3) is 3.07. The minimum absolute atomic E-state index is 0.325. The molecule has 0 bridgehead atoms. The van der Waals surface area contributed by atoms with E-state index >= 15 is 0 Å². The normalized spacial score (nSPS) is 11.1. The molecular weight excluding hydrogens is 300 g/mol. The Kier molecular flexibility index (Phi) is 4.84. The Morgan fingerprint density at radius 2 is 2.00 bits per heavy atom. The third-order valence-corrected chi connectivity index (χ3v) is 3.37. The Morgan fingerprint density at radius 1 is 1.39 bits per heavy atom. The van der Waals surface area contributed by atoms with Gasteiger partial charge in [0.1, 0.15) is 5.54 Å². The summed E-state index contributed by atoms with van der Waals surface area (Å²) >= 11 is 3.21. The topological polar surface area (TPSA) is 79.3 Å². The molecule has 0 saturated carbocycles. The fourth-order valence-electron chi connectivity index (χ4n) is 1.61. The molecule has 5 nitrogen and oxygen atoms in total. The molecule has 0 aliphatic heterocycles. The molecule has 0 spiro atoms. The van der Waals surface area contributed by atoms with Crippen molar-refractivity contribution in [3.63, 3.8) is 0 Å². The zero-order chi connectivity index (χ0) is 13.8. The number of carbonyl (C=O) groups is 2. The van der Waals surface area contributed by atoms with Gasteiger partial charge in [-0.3, -0.25) is 9.78 Å². The van der Waals surface area contributed by atoms with Crippen LogP contribution in [0.4, 0.5) is 0 Å². The van der Waals surface area contributed by atoms with Crippen LogP contribution in [0, 0.1) is 0 Å². The van der Waals surface area contributed by atoms with Crippen molar-refractivity contribution in [3.05, 3.63) is 28.5 Å². The Balaban J connectivity index is 2.95. The minimum atomic E-state index is -1.22. The van der Waals surface area contributed by atoms with Crippen molar-refractivity contribution in [2.45, 2.75) is 32.2 Å². The fraction of sp³-hybridized carbons (Fsp3) is 0.417. The van der Waals surface area contributed by atoms with Crippen molar-refractivity contribution in [1.82, 2.24) is 10.3 Å². The summed E-state index contributed by atoms with van der Waals surface area (Å²) in [6.45, 7) is 3.47. The molecule has 0 unspecified atom stereocenters. The van der Waals surface area contributed by atoms with Crippen LogP contribution < -0.4 is 5.32 Å². The maximum Gasteiger partial charge on any atom is 0.329 e. The van der Waals surface area contributed by atoms with Gasteiger partial charge in [0.05, 0.1) is 5.56 Å². The first-order valence-electron chi connectivity index (χ1n) is 5.61. The van der Waals surface area contributed by atoms with E-state index in [0.29, 0.717) is 22.9 Å². The van der Waals surface area contributed by atoms with Crippen LogP contribution in [0.1, 0.15) is 37.0 Å². The van der Waals surface area contributed by atoms with E-state index < -0.39 is 17.4 Å². The number of carboxylic acid groups (broad SMARTS) is 1. The van der Waals surface area contributed by atoms with Gasteiger partial charge in [-0.05, 0) is 34.8 Å². The molecule has 1 aromatic rings. The van der Waals surface area contributed by atoms with Gasteiger partial charge < -0.3 is 10.4 Å². The van der Waals surface area contributed by atoms with E-state index in [0.717, 1.165) is 0 Å². The lowest BCUT2D eigenvalue weighted by molar-refractivity contribution is -0.144. The van der Waals surface area contributed by atoms with Gasteiger partial charge in [0.15, 0.2) is 0 Å². The number of pyridine rings is 1. The number of halogens is 1. The quantitative estimate of drug-likeness (QED) is 0.873. The Hall–Kier alpha value is -1.43. The van der Waals surface area contributed by atoms with Gasteiger partial charge in [-0.25, -0.2) is 4.79 Å². The predicted octanol–water partition coefficient (Wildman–Crippen LogP) is 2.22. The molecule has 18 heavy (non-hydrogen) atoms. The molecule has 1 heterocycles. The zero-order valence-electron chi connectivity index (χ0n) is 10.2. The number of nitrogens with zero attached hydrogens (tertiary/aromatic N) is 1. The van der Waals surface area contributed by atoms with Crippen LogP contribution in [0.5, 0.6) is 0 Å². The van der Waals surface area contributed by atoms with Crippen LogP contribution in [-0.2, 0) is 4.79 Å². The van der Waals surface area contributed by atoms with Gasteiger partial charge in [0.25, 0.3) is 5.91 Å². The number of nitrogens with one attached hydrogen (secondary N) is 1. The molecule has 6 heteroatoms. The van der Waals surface area contributed by atoms with Crippen LogP contribution in [0.3, 0.4) is 0 Å². The summed E-state index contributed by atoms with van der Waals surface area (Å²) in [6, 6.07) is 1.60. The van der Waals surface area contributed by atoms with Crippen LogP contribution in [0.15, 0.2) is 22.9 Å². The molecule has 0 atom stereocenters. The molecule has 0 aliphatic rings. The first-order chi connectivity index (χ1) is 8.45. The van der Waals surface area contributed by atoms with Crippen LogP contribution >= 0.6 is 15.9 Å². The standard InChI is InChI=1S/C12H15BrN2O3/c1-3-12(4-2,11(17)18)15-10(16)8-5-9(13)7-14-6-8/h5-7H,3-4H2,1-2H3,(H,15,16)(H,17,18). The highest BCUT2D eigenvalue weighted by molar-refractivity contribution is 9.10. The summed E-state index contributed by atoms with van der Waals surface area (Å²) in [5, 5.41) is 11.8. The predicted molar refractivity (Wildman–Crippen MR) is 70.4 cm³/mol. The SMILES string of the molecule is CCC(CC)(NC(=O)c1cncc(Br)c1)C(=O)O. The summed E-state index contributed by atoms with van der Waals surface area (Å²) < 4.78 is 0.670. The van der Waals surface area contributed by atoms with Gasteiger partial charge >= 0.3 is 5.97 Å². The monoisotopic (exact) mass is 314 g/mol. The first-order valence-corrected chi connectivity index (χ1v) is 6.41. The lowest BCUT2D eigenvalue weighted by Crippen LogP contribution is -2.53. The van der Waals surface area contributed by atoms with Gasteiger partial charge in [-0.15, -0.1) is 0 Å². The largest absolute Gasteiger partial charge is 0.480 e. The number of carboxylic acids is 1. The average Bonchev–Trinajstić information content (AvgIpc) is 2.35. The highest BCUT2D eigenvalue weighted by Crippen LogP contribution is 2.17. The van der Waals surface area contributed by atoms with Crippen molar-refractivity contribution in [1.29, 1.82) is 0 Å². The van der Waals surface area contributed by atoms with Gasteiger partial charge in [-0.1, -0.05) is 13.8 Å². The molecule has 1 aromatic heterocycles. The maximum atomic E-state index is 12.0. The molecule has 0 saturated heterocycles. The van der Waals surface area contributed by atoms with E-state index in [1.54, 1.807) is 26.1 Å². The summed E-state index contributed by atoms with van der Waals surface area (Å²) in [6.07, 6.45) is 3.61. The van der Waals surface area contributed by atoms with Crippen molar-refractivity contribution < 1.29 is 14.7 Å². The molecule has 0 fully saturated rings. The zero-order valence-corrected chi connectivity index (χ0v) is 11.8. The van der Waals surface area contributed by atoms with Crippen molar-refractivity contribution in [2.24, 2.45) is 0 Å². The smallest absolute Gasteiger partial charge is 0.329 e. The van der Waals surface area contributed by atoms with E-state index in [9.17, 15) is 14.7 Å². The molecule has 1 amide bonds. The number of aromatic nitrogens is 1. The molecule has 0 radical (unpaired) electrons. The molecule has 0 aliphatic carbocycles. The summed E-state index contributed by atoms with van der Waals surface area (Å²) in [4.78, 5) is 27.2. The van der Waals surface area contributed by atoms with E-state index in [2.05, 4.69) is 26.2 Å². The van der Waals surface area contributed by atoms with Gasteiger partial charge in [-0.2, -0.15) is 0 Å². The highest BCUT2D eigenvalue weighted by atomic mass is 79.9. The van der Waals surface area contributed by atoms with Crippen LogP contribution in [-0.4, -0.2) is 27.5 Å². The number of aliphatic carboxylic acids is 1. The third-order valence-electron chi connectivity index (χ3n) is 2.94. The lowest BCUT2D eigenvalue weighted by Gasteiger charge is -2.27. The molecular formula is C12H15BrN2O3. The van der Waals surface area contributed by atoms with E-state index in [1.807, 2.05) is 0 Å². The second kappa shape index (κ2) is 5.95. The van der Waals surface area contributed by atoms with Crippen molar-refractivity contribution >= 4 is 27.8 Å². The number of carbonyl (C=O) groups excluding carboxylic acids is 1. The summed E-state index contributed by atoms with van der Waals surface area (Å²) in [7, 11) is 0. The highest BCUT2D eigenvalue weighted by Gasteiger charge is 2.36. The molecule has 2 N–H and O–H groups in total.